The molecule has 192 valence electrons. The number of nitrogens with one attached hydrogen (secondary N) is 3. The molecular formula is C27H39N9. The maximum atomic E-state index is 6.13. The van der Waals surface area contributed by atoms with E-state index in [-0.39, 0.29) is 0 Å². The van der Waals surface area contributed by atoms with Gasteiger partial charge in [-0.3, -0.25) is 4.90 Å². The monoisotopic (exact) mass is 489 g/mol. The molecule has 0 atom stereocenters. The molecule has 0 unspecified atom stereocenters. The highest BCUT2D eigenvalue weighted by Gasteiger charge is 2.24. The zero-order chi connectivity index (χ0) is 24.3. The molecule has 0 bridgehead atoms. The second-order valence-corrected chi connectivity index (χ2v) is 10.8. The van der Waals surface area contributed by atoms with E-state index in [1.165, 1.54) is 31.2 Å². The number of rotatable bonds is 7. The molecule has 6 rings (SSSR count). The number of nitrogens with two attached hydrogens (primary N) is 1. The van der Waals surface area contributed by atoms with Crippen molar-refractivity contribution in [2.75, 3.05) is 36.8 Å². The van der Waals surface area contributed by atoms with Crippen LogP contribution < -0.4 is 21.7 Å². The van der Waals surface area contributed by atoms with Crippen LogP contribution in [0.1, 0.15) is 63.0 Å². The maximum absolute atomic E-state index is 6.13. The summed E-state index contributed by atoms with van der Waals surface area (Å²) in [6.45, 7) is 5.34. The molecule has 9 nitrogen and oxygen atoms in total. The number of piperazine rings is 1. The van der Waals surface area contributed by atoms with Crippen LogP contribution in [0.5, 0.6) is 0 Å². The van der Waals surface area contributed by atoms with E-state index in [0.29, 0.717) is 24.1 Å². The molecule has 1 aromatic carbocycles. The van der Waals surface area contributed by atoms with E-state index in [4.69, 9.17) is 20.7 Å². The summed E-state index contributed by atoms with van der Waals surface area (Å²) < 4.78 is 2.27. The molecule has 1 aliphatic heterocycles. The molecule has 36 heavy (non-hydrogen) atoms. The standard InChI is InChI=1S/C27H39N9/c28-20-7-11-22(12-8-20)32-27-33-25(24-26(34-27)36(18-30-24)23-3-1-2-4-23)31-21-9-5-19(6-10-21)17-35-15-13-29-14-16-35/h5-6,9-10,18,20,22-23,29H,1-4,7-8,11-17,28H2,(H2,31,32,33,34). The van der Waals surface area contributed by atoms with Crippen molar-refractivity contribution in [1.82, 2.24) is 29.7 Å². The Kier molecular flexibility index (Phi) is 7.03. The van der Waals surface area contributed by atoms with Crippen LogP contribution in [0.15, 0.2) is 30.6 Å². The fraction of sp³-hybridized carbons (Fsp3) is 0.593. The van der Waals surface area contributed by atoms with Crippen LogP contribution in [0.25, 0.3) is 11.2 Å². The van der Waals surface area contributed by atoms with Crippen LogP contribution in [-0.2, 0) is 6.54 Å². The Balaban J connectivity index is 1.25. The predicted octanol–water partition coefficient (Wildman–Crippen LogP) is 3.77. The first-order chi connectivity index (χ1) is 17.7. The largest absolute Gasteiger partial charge is 0.351 e. The summed E-state index contributed by atoms with van der Waals surface area (Å²) in [7, 11) is 0. The quantitative estimate of drug-likeness (QED) is 0.397. The van der Waals surface area contributed by atoms with Crippen molar-refractivity contribution in [3.8, 4) is 0 Å². The minimum absolute atomic E-state index is 0.321. The Morgan fingerprint density at radius 2 is 1.69 bits per heavy atom. The highest BCUT2D eigenvalue weighted by Crippen LogP contribution is 2.34. The van der Waals surface area contributed by atoms with E-state index in [1.54, 1.807) is 0 Å². The lowest BCUT2D eigenvalue weighted by atomic mass is 9.92. The molecule has 3 aromatic rings. The number of fused-ring (bicyclic) bond motifs is 1. The number of nitrogens with zero attached hydrogens (tertiary/aromatic N) is 5. The summed E-state index contributed by atoms with van der Waals surface area (Å²) in [4.78, 5) is 17.1. The van der Waals surface area contributed by atoms with Crippen molar-refractivity contribution < 1.29 is 0 Å². The lowest BCUT2D eigenvalue weighted by molar-refractivity contribution is 0.233. The van der Waals surface area contributed by atoms with E-state index < -0.39 is 0 Å². The second-order valence-electron chi connectivity index (χ2n) is 10.8. The zero-order valence-corrected chi connectivity index (χ0v) is 21.1. The van der Waals surface area contributed by atoms with Crippen LogP contribution in [0.4, 0.5) is 17.5 Å². The average molecular weight is 490 g/mol. The lowest BCUT2D eigenvalue weighted by Crippen LogP contribution is -2.42. The summed E-state index contributed by atoms with van der Waals surface area (Å²) >= 11 is 0. The van der Waals surface area contributed by atoms with Crippen molar-refractivity contribution in [2.24, 2.45) is 5.73 Å². The highest BCUT2D eigenvalue weighted by atomic mass is 15.2. The van der Waals surface area contributed by atoms with Gasteiger partial charge in [-0.15, -0.1) is 0 Å². The molecule has 5 N–H and O–H groups in total. The molecule has 3 aliphatic rings. The summed E-state index contributed by atoms with van der Waals surface area (Å²) in [5.41, 5.74) is 10.2. The summed E-state index contributed by atoms with van der Waals surface area (Å²) in [5.74, 6) is 1.45. The Labute approximate surface area is 213 Å². The first-order valence-corrected chi connectivity index (χ1v) is 13.8. The number of imidazole rings is 1. The third-order valence-electron chi connectivity index (χ3n) is 8.08. The Hall–Kier alpha value is -2.75. The summed E-state index contributed by atoms with van der Waals surface area (Å²) in [5, 5.41) is 10.6. The van der Waals surface area contributed by atoms with E-state index in [9.17, 15) is 0 Å². The molecule has 0 radical (unpaired) electrons. The fourth-order valence-electron chi connectivity index (χ4n) is 5.92. The number of hydrogen-bond donors (Lipinski definition) is 4. The van der Waals surface area contributed by atoms with Gasteiger partial charge in [0, 0.05) is 56.5 Å². The van der Waals surface area contributed by atoms with E-state index in [2.05, 4.69) is 49.7 Å². The molecule has 1 saturated heterocycles. The minimum Gasteiger partial charge on any atom is -0.351 e. The normalized spacial score (nSPS) is 23.8. The van der Waals surface area contributed by atoms with Gasteiger partial charge >= 0.3 is 0 Å². The van der Waals surface area contributed by atoms with Gasteiger partial charge in [0.25, 0.3) is 0 Å². The van der Waals surface area contributed by atoms with Crippen molar-refractivity contribution in [3.63, 3.8) is 0 Å². The highest BCUT2D eigenvalue weighted by molar-refractivity contribution is 5.86. The first kappa shape index (κ1) is 23.6. The Morgan fingerprint density at radius 3 is 2.44 bits per heavy atom. The average Bonchev–Trinajstić information content (AvgIpc) is 3.58. The van der Waals surface area contributed by atoms with Gasteiger partial charge in [0.05, 0.1) is 6.33 Å². The van der Waals surface area contributed by atoms with Crippen LogP contribution in [0.3, 0.4) is 0 Å². The molecule has 3 heterocycles. The maximum Gasteiger partial charge on any atom is 0.227 e. The predicted molar refractivity (Wildman–Crippen MR) is 145 cm³/mol. The van der Waals surface area contributed by atoms with Crippen LogP contribution in [-0.4, -0.2) is 62.7 Å². The second kappa shape index (κ2) is 10.7. The Morgan fingerprint density at radius 1 is 0.944 bits per heavy atom. The van der Waals surface area contributed by atoms with Crippen molar-refractivity contribution >= 4 is 28.6 Å². The molecule has 2 aromatic heterocycles. The van der Waals surface area contributed by atoms with Crippen LogP contribution in [0.2, 0.25) is 0 Å². The summed E-state index contributed by atoms with van der Waals surface area (Å²) in [6, 6.07) is 9.88. The molecule has 2 saturated carbocycles. The van der Waals surface area contributed by atoms with Crippen LogP contribution in [0, 0.1) is 0 Å². The zero-order valence-electron chi connectivity index (χ0n) is 21.1. The van der Waals surface area contributed by atoms with E-state index in [1.807, 2.05) is 6.33 Å². The van der Waals surface area contributed by atoms with Gasteiger partial charge < -0.3 is 26.3 Å². The third-order valence-corrected chi connectivity index (χ3v) is 8.08. The van der Waals surface area contributed by atoms with Gasteiger partial charge in [-0.25, -0.2) is 4.98 Å². The van der Waals surface area contributed by atoms with E-state index in [0.717, 1.165) is 81.1 Å². The molecule has 0 spiro atoms. The van der Waals surface area contributed by atoms with Gasteiger partial charge in [0.15, 0.2) is 17.0 Å². The molecule has 0 amide bonds. The van der Waals surface area contributed by atoms with Crippen LogP contribution >= 0.6 is 0 Å². The Bertz CT molecular complexity index is 1140. The van der Waals surface area contributed by atoms with Gasteiger partial charge in [0.1, 0.15) is 0 Å². The topological polar surface area (TPSA) is 109 Å². The number of aromatic nitrogens is 4. The molecule has 3 fully saturated rings. The minimum atomic E-state index is 0.321. The number of benzene rings is 1. The van der Waals surface area contributed by atoms with Crippen molar-refractivity contribution in [3.05, 3.63) is 36.2 Å². The van der Waals surface area contributed by atoms with E-state index >= 15 is 0 Å². The van der Waals surface area contributed by atoms with Crippen molar-refractivity contribution in [2.45, 2.75) is 76.0 Å². The SMILES string of the molecule is NC1CCC(Nc2nc(Nc3ccc(CN4CCNCC4)cc3)c3ncn(C4CCCC4)c3n2)CC1. The lowest BCUT2D eigenvalue weighted by Gasteiger charge is -2.27. The number of anilines is 3. The fourth-order valence-corrected chi connectivity index (χ4v) is 5.92. The molecular weight excluding hydrogens is 450 g/mol. The molecule has 9 heteroatoms. The first-order valence-electron chi connectivity index (χ1n) is 13.8. The summed E-state index contributed by atoms with van der Waals surface area (Å²) in [6.07, 6.45) is 11.1. The smallest absolute Gasteiger partial charge is 0.227 e. The number of hydrogen-bond acceptors (Lipinski definition) is 8. The van der Waals surface area contributed by atoms with Gasteiger partial charge in [-0.1, -0.05) is 25.0 Å². The molecule has 2 aliphatic carbocycles. The van der Waals surface area contributed by atoms with Gasteiger partial charge in [0.2, 0.25) is 5.95 Å². The third kappa shape index (κ3) is 5.33. The van der Waals surface area contributed by atoms with Gasteiger partial charge in [-0.05, 0) is 56.2 Å². The van der Waals surface area contributed by atoms with Gasteiger partial charge in [-0.2, -0.15) is 9.97 Å². The van der Waals surface area contributed by atoms with Crippen molar-refractivity contribution in [1.29, 1.82) is 0 Å².